The second kappa shape index (κ2) is 8.32. The van der Waals surface area contributed by atoms with E-state index in [0.29, 0.717) is 16.8 Å². The molecule has 7 heteroatoms. The van der Waals surface area contributed by atoms with Crippen LogP contribution in [0.5, 0.6) is 0 Å². The standard InChI is InChI=1S/C20H19N3O4/c21-13-15-5-4-6-16(11-15)14-27-20(24)17-7-8-18(19(12-17)23(25)26)22-9-2-1-3-10-22/h4-8,11-12H,1-3,9-10,14H2. The second-order valence-electron chi connectivity index (χ2n) is 6.40. The van der Waals surface area contributed by atoms with Crippen LogP contribution in [-0.2, 0) is 11.3 Å². The number of hydrogen-bond donors (Lipinski definition) is 0. The van der Waals surface area contributed by atoms with Crippen LogP contribution < -0.4 is 4.90 Å². The highest BCUT2D eigenvalue weighted by Gasteiger charge is 2.23. The molecule has 0 N–H and O–H groups in total. The molecule has 0 unspecified atom stereocenters. The number of nitriles is 1. The summed E-state index contributed by atoms with van der Waals surface area (Å²) < 4.78 is 5.25. The minimum absolute atomic E-state index is 0.00394. The van der Waals surface area contributed by atoms with Gasteiger partial charge < -0.3 is 9.64 Å². The molecule has 0 bridgehead atoms. The molecule has 1 saturated heterocycles. The summed E-state index contributed by atoms with van der Waals surface area (Å²) in [7, 11) is 0. The third-order valence-electron chi connectivity index (χ3n) is 4.53. The lowest BCUT2D eigenvalue weighted by atomic mass is 10.1. The van der Waals surface area contributed by atoms with E-state index in [1.54, 1.807) is 36.4 Å². The van der Waals surface area contributed by atoms with Gasteiger partial charge in [0.25, 0.3) is 5.69 Å². The molecule has 1 aliphatic rings. The Morgan fingerprint density at radius 1 is 1.19 bits per heavy atom. The van der Waals surface area contributed by atoms with Gasteiger partial charge in [0.05, 0.1) is 22.1 Å². The highest BCUT2D eigenvalue weighted by molar-refractivity contribution is 5.91. The van der Waals surface area contributed by atoms with Gasteiger partial charge in [0.1, 0.15) is 12.3 Å². The largest absolute Gasteiger partial charge is 0.457 e. The lowest BCUT2D eigenvalue weighted by molar-refractivity contribution is -0.384. The number of nitro groups is 1. The predicted molar refractivity (Wildman–Crippen MR) is 99.4 cm³/mol. The van der Waals surface area contributed by atoms with Crippen molar-refractivity contribution in [3.05, 3.63) is 69.3 Å². The van der Waals surface area contributed by atoms with E-state index in [1.165, 1.54) is 6.07 Å². The van der Waals surface area contributed by atoms with Crippen LogP contribution >= 0.6 is 0 Å². The molecular formula is C20H19N3O4. The monoisotopic (exact) mass is 365 g/mol. The van der Waals surface area contributed by atoms with Crippen molar-refractivity contribution in [2.24, 2.45) is 0 Å². The van der Waals surface area contributed by atoms with E-state index in [4.69, 9.17) is 10.00 Å². The van der Waals surface area contributed by atoms with Crippen molar-refractivity contribution in [3.8, 4) is 6.07 Å². The number of esters is 1. The molecule has 1 heterocycles. The molecule has 2 aromatic rings. The zero-order chi connectivity index (χ0) is 19.2. The van der Waals surface area contributed by atoms with Gasteiger partial charge in [0.15, 0.2) is 0 Å². The highest BCUT2D eigenvalue weighted by Crippen LogP contribution is 2.31. The van der Waals surface area contributed by atoms with Gasteiger partial charge in [-0.05, 0) is 49.1 Å². The van der Waals surface area contributed by atoms with Crippen LogP contribution in [0.4, 0.5) is 11.4 Å². The zero-order valence-electron chi connectivity index (χ0n) is 14.8. The number of anilines is 1. The Morgan fingerprint density at radius 3 is 2.67 bits per heavy atom. The Kier molecular flexibility index (Phi) is 5.67. The van der Waals surface area contributed by atoms with Crippen LogP contribution in [0.3, 0.4) is 0 Å². The normalized spacial score (nSPS) is 13.7. The number of piperidine rings is 1. The van der Waals surface area contributed by atoms with Gasteiger partial charge in [0, 0.05) is 19.2 Å². The Morgan fingerprint density at radius 2 is 1.96 bits per heavy atom. The fourth-order valence-corrected chi connectivity index (χ4v) is 3.16. The summed E-state index contributed by atoms with van der Waals surface area (Å²) in [6.45, 7) is 1.55. The van der Waals surface area contributed by atoms with Crippen molar-refractivity contribution in [2.75, 3.05) is 18.0 Å². The van der Waals surface area contributed by atoms with Crippen molar-refractivity contribution in [3.63, 3.8) is 0 Å². The fourth-order valence-electron chi connectivity index (χ4n) is 3.16. The van der Waals surface area contributed by atoms with Crippen LogP contribution in [0.1, 0.15) is 40.7 Å². The van der Waals surface area contributed by atoms with Crippen molar-refractivity contribution < 1.29 is 14.5 Å². The van der Waals surface area contributed by atoms with Crippen molar-refractivity contribution in [2.45, 2.75) is 25.9 Å². The predicted octanol–water partition coefficient (Wildman–Crippen LogP) is 3.81. The van der Waals surface area contributed by atoms with Gasteiger partial charge >= 0.3 is 5.97 Å². The number of nitro benzene ring substituents is 1. The smallest absolute Gasteiger partial charge is 0.338 e. The van der Waals surface area contributed by atoms with E-state index in [2.05, 4.69) is 0 Å². The average molecular weight is 365 g/mol. The van der Waals surface area contributed by atoms with E-state index in [1.807, 2.05) is 11.0 Å². The fraction of sp³-hybridized carbons (Fsp3) is 0.300. The molecule has 0 saturated carbocycles. The van der Waals surface area contributed by atoms with E-state index in [-0.39, 0.29) is 17.9 Å². The topological polar surface area (TPSA) is 96.5 Å². The highest BCUT2D eigenvalue weighted by atomic mass is 16.6. The first-order chi connectivity index (χ1) is 13.1. The average Bonchev–Trinajstić information content (AvgIpc) is 2.72. The third kappa shape index (κ3) is 4.42. The van der Waals surface area contributed by atoms with Crippen molar-refractivity contribution >= 4 is 17.3 Å². The number of nitrogens with zero attached hydrogens (tertiary/aromatic N) is 3. The summed E-state index contributed by atoms with van der Waals surface area (Å²) in [6, 6.07) is 13.2. The van der Waals surface area contributed by atoms with Crippen molar-refractivity contribution in [1.82, 2.24) is 0 Å². The van der Waals surface area contributed by atoms with Crippen LogP contribution in [0.2, 0.25) is 0 Å². The first kappa shape index (κ1) is 18.4. The number of carbonyl (C=O) groups is 1. The minimum Gasteiger partial charge on any atom is -0.457 e. The molecule has 1 fully saturated rings. The van der Waals surface area contributed by atoms with Crippen LogP contribution in [0.15, 0.2) is 42.5 Å². The third-order valence-corrected chi connectivity index (χ3v) is 4.53. The van der Waals surface area contributed by atoms with Crippen LogP contribution in [-0.4, -0.2) is 24.0 Å². The summed E-state index contributed by atoms with van der Waals surface area (Å²) in [5, 5.41) is 20.4. The lowest BCUT2D eigenvalue weighted by Gasteiger charge is -2.28. The van der Waals surface area contributed by atoms with Gasteiger partial charge in [-0.1, -0.05) is 12.1 Å². The minimum atomic E-state index is -0.634. The summed E-state index contributed by atoms with van der Waals surface area (Å²) in [5.41, 5.74) is 1.75. The maximum Gasteiger partial charge on any atom is 0.338 e. The van der Waals surface area contributed by atoms with Crippen LogP contribution in [0.25, 0.3) is 0 Å². The molecule has 0 radical (unpaired) electrons. The van der Waals surface area contributed by atoms with Crippen molar-refractivity contribution in [1.29, 1.82) is 5.26 Å². The lowest BCUT2D eigenvalue weighted by Crippen LogP contribution is -2.30. The Hall–Kier alpha value is -3.40. The molecule has 138 valence electrons. The van der Waals surface area contributed by atoms with E-state index in [0.717, 1.165) is 32.4 Å². The van der Waals surface area contributed by atoms with E-state index < -0.39 is 10.9 Å². The van der Waals surface area contributed by atoms with Gasteiger partial charge in [-0.25, -0.2) is 4.79 Å². The number of hydrogen-bond acceptors (Lipinski definition) is 6. The summed E-state index contributed by atoms with van der Waals surface area (Å²) >= 11 is 0. The molecule has 0 amide bonds. The number of ether oxygens (including phenoxy) is 1. The van der Waals surface area contributed by atoms with Gasteiger partial charge in [-0.2, -0.15) is 5.26 Å². The first-order valence-electron chi connectivity index (χ1n) is 8.78. The molecule has 3 rings (SSSR count). The molecule has 0 aliphatic carbocycles. The Bertz CT molecular complexity index is 898. The number of rotatable bonds is 5. The van der Waals surface area contributed by atoms with Crippen LogP contribution in [0, 0.1) is 21.4 Å². The SMILES string of the molecule is N#Cc1cccc(COC(=O)c2ccc(N3CCCCC3)c([N+](=O)[O-])c2)c1. The van der Waals surface area contributed by atoms with Gasteiger partial charge in [-0.15, -0.1) is 0 Å². The Labute approximate surface area is 156 Å². The molecule has 7 nitrogen and oxygen atoms in total. The van der Waals surface area contributed by atoms with Gasteiger partial charge in [-0.3, -0.25) is 10.1 Å². The number of carbonyl (C=O) groups excluding carboxylic acids is 1. The van der Waals surface area contributed by atoms with E-state index in [9.17, 15) is 14.9 Å². The summed E-state index contributed by atoms with van der Waals surface area (Å²) in [4.78, 5) is 25.3. The van der Waals surface area contributed by atoms with Gasteiger partial charge in [0.2, 0.25) is 0 Å². The first-order valence-corrected chi connectivity index (χ1v) is 8.78. The molecule has 1 aliphatic heterocycles. The number of benzene rings is 2. The Balaban J connectivity index is 1.75. The molecule has 0 atom stereocenters. The molecule has 0 aromatic heterocycles. The maximum absolute atomic E-state index is 12.3. The molecule has 2 aromatic carbocycles. The summed E-state index contributed by atoms with van der Waals surface area (Å²) in [6.07, 6.45) is 3.13. The molecule has 27 heavy (non-hydrogen) atoms. The zero-order valence-corrected chi connectivity index (χ0v) is 14.8. The van der Waals surface area contributed by atoms with E-state index >= 15 is 0 Å². The quantitative estimate of drug-likeness (QED) is 0.454. The maximum atomic E-state index is 12.3. The molecular weight excluding hydrogens is 346 g/mol. The second-order valence-corrected chi connectivity index (χ2v) is 6.40. The molecule has 0 spiro atoms. The summed E-state index contributed by atoms with van der Waals surface area (Å²) in [5.74, 6) is -0.634.